The van der Waals surface area contributed by atoms with Crippen LogP contribution in [0.5, 0.6) is 0 Å². The molecule has 1 aliphatic heterocycles. The van der Waals surface area contributed by atoms with Gasteiger partial charge in [0.05, 0.1) is 12.2 Å². The molecule has 2 heteroatoms. The molecule has 0 aromatic rings. The summed E-state index contributed by atoms with van der Waals surface area (Å²) in [7, 11) is 0. The lowest BCUT2D eigenvalue weighted by Gasteiger charge is -2.32. The molecule has 0 saturated carbocycles. The van der Waals surface area contributed by atoms with Gasteiger partial charge in [-0.3, -0.25) is 0 Å². The van der Waals surface area contributed by atoms with Gasteiger partial charge in [0.2, 0.25) is 0 Å². The fourth-order valence-electron chi connectivity index (χ4n) is 1.49. The van der Waals surface area contributed by atoms with Gasteiger partial charge in [0.1, 0.15) is 0 Å². The summed E-state index contributed by atoms with van der Waals surface area (Å²) in [4.78, 5) is 0. The van der Waals surface area contributed by atoms with Gasteiger partial charge >= 0.3 is 0 Å². The lowest BCUT2D eigenvalue weighted by Crippen LogP contribution is -2.37. The van der Waals surface area contributed by atoms with E-state index in [-0.39, 0.29) is 12.2 Å². The topological polar surface area (TPSA) is 29.5 Å². The largest absolute Gasteiger partial charge is 0.393 e. The van der Waals surface area contributed by atoms with Crippen LogP contribution in [0.2, 0.25) is 0 Å². The Bertz CT molecular complexity index is 103. The Hall–Kier alpha value is -0.0800. The minimum atomic E-state index is -0.140. The first-order valence-electron chi connectivity index (χ1n) is 4.05. The van der Waals surface area contributed by atoms with Crippen LogP contribution in [-0.2, 0) is 4.74 Å². The quantitative estimate of drug-likeness (QED) is 0.599. The fourth-order valence-corrected chi connectivity index (χ4v) is 1.49. The summed E-state index contributed by atoms with van der Waals surface area (Å²) in [5.74, 6) is 0.318. The summed E-state index contributed by atoms with van der Waals surface area (Å²) < 4.78 is 5.45. The van der Waals surface area contributed by atoms with Gasteiger partial charge < -0.3 is 9.84 Å². The molecule has 3 atom stereocenters. The van der Waals surface area contributed by atoms with Crippen molar-refractivity contribution in [2.75, 3.05) is 6.61 Å². The van der Waals surface area contributed by atoms with Gasteiger partial charge in [0.25, 0.3) is 0 Å². The molecule has 1 heterocycles. The Kier molecular flexibility index (Phi) is 2.69. The summed E-state index contributed by atoms with van der Waals surface area (Å²) in [5.41, 5.74) is 0. The highest BCUT2D eigenvalue weighted by atomic mass is 16.5. The second-order valence-electron chi connectivity index (χ2n) is 3.03. The first kappa shape index (κ1) is 8.02. The van der Waals surface area contributed by atoms with Crippen LogP contribution < -0.4 is 0 Å². The maximum Gasteiger partial charge on any atom is 0.0622 e. The van der Waals surface area contributed by atoms with Crippen LogP contribution in [0, 0.1) is 5.92 Å². The van der Waals surface area contributed by atoms with Gasteiger partial charge in [0, 0.05) is 12.5 Å². The predicted octanol–water partition coefficient (Wildman–Crippen LogP) is 1.18. The van der Waals surface area contributed by atoms with Crippen molar-refractivity contribution >= 4 is 0 Å². The van der Waals surface area contributed by atoms with Gasteiger partial charge in [-0.2, -0.15) is 0 Å². The molecule has 1 rings (SSSR count). The highest BCUT2D eigenvalue weighted by Crippen LogP contribution is 2.22. The van der Waals surface area contributed by atoms with Gasteiger partial charge in [-0.1, -0.05) is 13.8 Å². The Morgan fingerprint density at radius 2 is 2.30 bits per heavy atom. The van der Waals surface area contributed by atoms with Gasteiger partial charge in [-0.05, 0) is 12.8 Å². The van der Waals surface area contributed by atoms with Crippen molar-refractivity contribution in [3.63, 3.8) is 0 Å². The smallest absolute Gasteiger partial charge is 0.0622 e. The van der Waals surface area contributed by atoms with Crippen LogP contribution in [-0.4, -0.2) is 23.9 Å². The maximum absolute atomic E-state index is 9.40. The standard InChI is InChI=1S/C8H16O2/c1-3-8-6(2)7(9)4-5-10-8/h6-9H,3-5H2,1-2H3. The highest BCUT2D eigenvalue weighted by Gasteiger charge is 2.27. The van der Waals surface area contributed by atoms with E-state index in [0.29, 0.717) is 5.92 Å². The fraction of sp³-hybridized carbons (Fsp3) is 1.00. The van der Waals surface area contributed by atoms with E-state index in [9.17, 15) is 5.11 Å². The van der Waals surface area contributed by atoms with Crippen LogP contribution in [0.3, 0.4) is 0 Å². The van der Waals surface area contributed by atoms with E-state index in [0.717, 1.165) is 19.4 Å². The predicted molar refractivity (Wildman–Crippen MR) is 39.8 cm³/mol. The van der Waals surface area contributed by atoms with Crippen molar-refractivity contribution in [3.8, 4) is 0 Å². The van der Waals surface area contributed by atoms with Crippen molar-refractivity contribution < 1.29 is 9.84 Å². The molecule has 0 radical (unpaired) electrons. The average molecular weight is 144 g/mol. The third-order valence-electron chi connectivity index (χ3n) is 2.34. The number of hydrogen-bond acceptors (Lipinski definition) is 2. The average Bonchev–Trinajstić information content (AvgIpc) is 1.95. The molecular formula is C8H16O2. The van der Waals surface area contributed by atoms with Crippen LogP contribution in [0.15, 0.2) is 0 Å². The summed E-state index contributed by atoms with van der Waals surface area (Å²) in [5, 5.41) is 9.40. The second-order valence-corrected chi connectivity index (χ2v) is 3.03. The molecule has 0 aromatic heterocycles. The molecule has 1 saturated heterocycles. The van der Waals surface area contributed by atoms with E-state index in [1.165, 1.54) is 0 Å². The zero-order valence-electron chi connectivity index (χ0n) is 6.71. The Labute approximate surface area is 62.2 Å². The zero-order valence-corrected chi connectivity index (χ0v) is 6.71. The monoisotopic (exact) mass is 144 g/mol. The van der Waals surface area contributed by atoms with Crippen molar-refractivity contribution in [3.05, 3.63) is 0 Å². The Balaban J connectivity index is 2.42. The minimum Gasteiger partial charge on any atom is -0.393 e. The summed E-state index contributed by atoms with van der Waals surface area (Å²) in [6, 6.07) is 0. The molecule has 0 bridgehead atoms. The first-order chi connectivity index (χ1) is 4.75. The molecule has 0 aromatic carbocycles. The lowest BCUT2D eigenvalue weighted by atomic mass is 9.92. The molecule has 1 N–H and O–H groups in total. The second kappa shape index (κ2) is 3.35. The molecule has 10 heavy (non-hydrogen) atoms. The van der Waals surface area contributed by atoms with Gasteiger partial charge in [-0.15, -0.1) is 0 Å². The molecule has 1 aliphatic rings. The summed E-state index contributed by atoms with van der Waals surface area (Å²) in [6.07, 6.45) is 1.96. The molecule has 0 aliphatic carbocycles. The lowest BCUT2D eigenvalue weighted by molar-refractivity contribution is -0.0860. The van der Waals surface area contributed by atoms with E-state index < -0.39 is 0 Å². The number of hydrogen-bond donors (Lipinski definition) is 1. The van der Waals surface area contributed by atoms with Crippen LogP contribution >= 0.6 is 0 Å². The van der Waals surface area contributed by atoms with Crippen molar-refractivity contribution in [1.29, 1.82) is 0 Å². The summed E-state index contributed by atoms with van der Waals surface area (Å²) in [6.45, 7) is 4.88. The van der Waals surface area contributed by atoms with Crippen LogP contribution in [0.1, 0.15) is 26.7 Å². The van der Waals surface area contributed by atoms with E-state index in [1.807, 2.05) is 0 Å². The molecular weight excluding hydrogens is 128 g/mol. The third-order valence-corrected chi connectivity index (χ3v) is 2.34. The van der Waals surface area contributed by atoms with E-state index in [1.54, 1.807) is 0 Å². The molecule has 0 amide bonds. The van der Waals surface area contributed by atoms with Crippen molar-refractivity contribution in [2.45, 2.75) is 38.9 Å². The van der Waals surface area contributed by atoms with Gasteiger partial charge in [-0.25, -0.2) is 0 Å². The van der Waals surface area contributed by atoms with Crippen LogP contribution in [0.4, 0.5) is 0 Å². The maximum atomic E-state index is 9.40. The van der Waals surface area contributed by atoms with E-state index in [2.05, 4.69) is 13.8 Å². The Morgan fingerprint density at radius 1 is 1.60 bits per heavy atom. The normalized spacial score (nSPS) is 41.7. The number of rotatable bonds is 1. The molecule has 1 fully saturated rings. The third kappa shape index (κ3) is 1.50. The van der Waals surface area contributed by atoms with Gasteiger partial charge in [0.15, 0.2) is 0 Å². The van der Waals surface area contributed by atoms with Crippen LogP contribution in [0.25, 0.3) is 0 Å². The van der Waals surface area contributed by atoms with E-state index >= 15 is 0 Å². The summed E-state index contributed by atoms with van der Waals surface area (Å²) >= 11 is 0. The molecule has 60 valence electrons. The SMILES string of the molecule is CCC1OCCC(O)C1C. The van der Waals surface area contributed by atoms with Crippen molar-refractivity contribution in [2.24, 2.45) is 5.92 Å². The minimum absolute atomic E-state index is 0.140. The molecule has 3 unspecified atom stereocenters. The van der Waals surface area contributed by atoms with Crippen molar-refractivity contribution in [1.82, 2.24) is 0 Å². The highest BCUT2D eigenvalue weighted by molar-refractivity contribution is 4.76. The number of aliphatic hydroxyl groups excluding tert-OH is 1. The Morgan fingerprint density at radius 3 is 2.80 bits per heavy atom. The number of aliphatic hydroxyl groups is 1. The molecule has 2 nitrogen and oxygen atoms in total. The van der Waals surface area contributed by atoms with E-state index in [4.69, 9.17) is 4.74 Å². The zero-order chi connectivity index (χ0) is 7.56. The first-order valence-corrected chi connectivity index (χ1v) is 4.05. The number of ether oxygens (including phenoxy) is 1. The molecule has 0 spiro atoms.